The van der Waals surface area contributed by atoms with Gasteiger partial charge in [-0.1, -0.05) is 42.8 Å². The van der Waals surface area contributed by atoms with Crippen LogP contribution in [0.5, 0.6) is 0 Å². The Morgan fingerprint density at radius 3 is 2.55 bits per heavy atom. The molecule has 0 unspecified atom stereocenters. The van der Waals surface area contributed by atoms with Gasteiger partial charge in [0.05, 0.1) is 5.75 Å². The molecule has 0 aliphatic heterocycles. The van der Waals surface area contributed by atoms with E-state index in [0.717, 1.165) is 16.7 Å². The molecule has 0 spiro atoms. The first-order valence-corrected chi connectivity index (χ1v) is 8.24. The lowest BCUT2D eigenvalue weighted by Crippen LogP contribution is -2.28. The number of benzene rings is 1. The van der Waals surface area contributed by atoms with E-state index in [0.29, 0.717) is 23.6 Å². The summed E-state index contributed by atoms with van der Waals surface area (Å²) in [6, 6.07) is 6.10. The molecule has 1 amide bonds. The molecule has 0 saturated carbocycles. The van der Waals surface area contributed by atoms with Gasteiger partial charge in [0.25, 0.3) is 5.22 Å². The van der Waals surface area contributed by atoms with E-state index in [1.165, 1.54) is 11.8 Å². The number of amides is 1. The van der Waals surface area contributed by atoms with Gasteiger partial charge in [-0.05, 0) is 31.9 Å². The number of carbonyl (C=O) groups excluding carboxylic acids is 1. The van der Waals surface area contributed by atoms with Crippen molar-refractivity contribution in [2.24, 2.45) is 5.92 Å². The molecule has 1 aromatic carbocycles. The minimum absolute atomic E-state index is 0.0233. The maximum absolute atomic E-state index is 11.7. The van der Waals surface area contributed by atoms with Crippen LogP contribution < -0.4 is 5.32 Å². The number of hydrogen-bond donors (Lipinski definition) is 1. The summed E-state index contributed by atoms with van der Waals surface area (Å²) in [7, 11) is 0. The van der Waals surface area contributed by atoms with E-state index in [1.54, 1.807) is 0 Å². The summed E-state index contributed by atoms with van der Waals surface area (Å²) in [5.74, 6) is 1.18. The van der Waals surface area contributed by atoms with E-state index < -0.39 is 0 Å². The number of thioether (sulfide) groups is 1. The summed E-state index contributed by atoms with van der Waals surface area (Å²) >= 11 is 1.25. The summed E-state index contributed by atoms with van der Waals surface area (Å²) in [6.45, 7) is 8.85. The zero-order valence-electron chi connectivity index (χ0n) is 13.3. The molecule has 2 rings (SSSR count). The van der Waals surface area contributed by atoms with Crippen LogP contribution in [0.25, 0.3) is 11.5 Å². The lowest BCUT2D eigenvalue weighted by atomic mass is 10.1. The van der Waals surface area contributed by atoms with E-state index in [2.05, 4.69) is 35.4 Å². The predicted molar refractivity (Wildman–Crippen MR) is 87.8 cm³/mol. The van der Waals surface area contributed by atoms with Crippen molar-refractivity contribution in [1.82, 2.24) is 15.5 Å². The standard InChI is InChI=1S/C16H21N3O2S/c1-10(2)8-17-14(20)9-22-16-19-18-15(21-16)13-6-11(3)5-12(4)7-13/h5-7,10H,8-9H2,1-4H3,(H,17,20). The van der Waals surface area contributed by atoms with Crippen LogP contribution in [-0.2, 0) is 4.79 Å². The Kier molecular flexibility index (Phi) is 5.60. The van der Waals surface area contributed by atoms with Crippen LogP contribution in [0.4, 0.5) is 0 Å². The van der Waals surface area contributed by atoms with E-state index in [9.17, 15) is 4.79 Å². The maximum atomic E-state index is 11.7. The van der Waals surface area contributed by atoms with E-state index >= 15 is 0 Å². The minimum atomic E-state index is -0.0233. The van der Waals surface area contributed by atoms with Crippen LogP contribution in [0.2, 0.25) is 0 Å². The lowest BCUT2D eigenvalue weighted by Gasteiger charge is -2.05. The molecule has 22 heavy (non-hydrogen) atoms. The number of nitrogens with one attached hydrogen (secondary N) is 1. The fraction of sp³-hybridized carbons (Fsp3) is 0.438. The molecule has 118 valence electrons. The molecular weight excluding hydrogens is 298 g/mol. The van der Waals surface area contributed by atoms with Crippen LogP contribution >= 0.6 is 11.8 Å². The predicted octanol–water partition coefficient (Wildman–Crippen LogP) is 3.22. The smallest absolute Gasteiger partial charge is 0.277 e. The summed E-state index contributed by atoms with van der Waals surface area (Å²) in [5, 5.41) is 11.3. The summed E-state index contributed by atoms with van der Waals surface area (Å²) < 4.78 is 5.62. The quantitative estimate of drug-likeness (QED) is 0.828. The second-order valence-electron chi connectivity index (χ2n) is 5.74. The van der Waals surface area contributed by atoms with Crippen molar-refractivity contribution in [3.8, 4) is 11.5 Å². The Balaban J connectivity index is 1.95. The normalized spacial score (nSPS) is 11.0. The molecule has 0 fully saturated rings. The second kappa shape index (κ2) is 7.45. The molecule has 0 radical (unpaired) electrons. The van der Waals surface area contributed by atoms with Crippen molar-refractivity contribution in [3.05, 3.63) is 29.3 Å². The Morgan fingerprint density at radius 2 is 1.91 bits per heavy atom. The number of aryl methyl sites for hydroxylation is 2. The van der Waals surface area contributed by atoms with Crippen molar-refractivity contribution in [1.29, 1.82) is 0 Å². The molecule has 1 N–H and O–H groups in total. The number of aromatic nitrogens is 2. The van der Waals surface area contributed by atoms with Gasteiger partial charge in [-0.15, -0.1) is 10.2 Å². The lowest BCUT2D eigenvalue weighted by molar-refractivity contribution is -0.118. The fourth-order valence-corrected chi connectivity index (χ4v) is 2.57. The molecule has 2 aromatic rings. The number of carbonyl (C=O) groups is 1. The zero-order valence-corrected chi connectivity index (χ0v) is 14.2. The molecule has 0 saturated heterocycles. The van der Waals surface area contributed by atoms with Crippen LogP contribution in [0, 0.1) is 19.8 Å². The van der Waals surface area contributed by atoms with Crippen molar-refractivity contribution >= 4 is 17.7 Å². The Hall–Kier alpha value is -1.82. The Bertz CT molecular complexity index is 632. The SMILES string of the molecule is Cc1cc(C)cc(-c2nnc(SCC(=O)NCC(C)C)o2)c1. The van der Waals surface area contributed by atoms with Gasteiger partial charge in [-0.3, -0.25) is 4.79 Å². The van der Waals surface area contributed by atoms with Crippen molar-refractivity contribution in [3.63, 3.8) is 0 Å². The molecule has 1 heterocycles. The summed E-state index contributed by atoms with van der Waals surface area (Å²) in [5.41, 5.74) is 3.20. The number of nitrogens with zero attached hydrogens (tertiary/aromatic N) is 2. The number of hydrogen-bond acceptors (Lipinski definition) is 5. The van der Waals surface area contributed by atoms with Gasteiger partial charge < -0.3 is 9.73 Å². The first-order valence-electron chi connectivity index (χ1n) is 7.25. The van der Waals surface area contributed by atoms with Crippen molar-refractivity contribution in [2.75, 3.05) is 12.3 Å². The highest BCUT2D eigenvalue weighted by Gasteiger charge is 2.12. The monoisotopic (exact) mass is 319 g/mol. The minimum Gasteiger partial charge on any atom is -0.411 e. The van der Waals surface area contributed by atoms with E-state index in [4.69, 9.17) is 4.42 Å². The molecule has 0 aliphatic rings. The Morgan fingerprint density at radius 1 is 1.23 bits per heavy atom. The first kappa shape index (κ1) is 16.5. The average Bonchev–Trinajstić information content (AvgIpc) is 2.90. The zero-order chi connectivity index (χ0) is 16.1. The van der Waals surface area contributed by atoms with Gasteiger partial charge in [-0.2, -0.15) is 0 Å². The summed E-state index contributed by atoms with van der Waals surface area (Å²) in [6.07, 6.45) is 0. The van der Waals surface area contributed by atoms with Crippen molar-refractivity contribution in [2.45, 2.75) is 32.9 Å². The fourth-order valence-electron chi connectivity index (χ4n) is 1.98. The average molecular weight is 319 g/mol. The van der Waals surface area contributed by atoms with Gasteiger partial charge in [0.1, 0.15) is 0 Å². The molecule has 0 bridgehead atoms. The summed E-state index contributed by atoms with van der Waals surface area (Å²) in [4.78, 5) is 11.7. The van der Waals surface area contributed by atoms with E-state index in [1.807, 2.05) is 26.0 Å². The highest BCUT2D eigenvalue weighted by atomic mass is 32.2. The number of rotatable bonds is 6. The highest BCUT2D eigenvalue weighted by Crippen LogP contribution is 2.24. The van der Waals surface area contributed by atoms with Crippen LogP contribution in [0.15, 0.2) is 27.8 Å². The molecule has 1 aromatic heterocycles. The van der Waals surface area contributed by atoms with E-state index in [-0.39, 0.29) is 11.7 Å². The van der Waals surface area contributed by atoms with Gasteiger partial charge >= 0.3 is 0 Å². The van der Waals surface area contributed by atoms with Gasteiger partial charge in [-0.25, -0.2) is 0 Å². The molecular formula is C16H21N3O2S. The van der Waals surface area contributed by atoms with Crippen molar-refractivity contribution < 1.29 is 9.21 Å². The molecule has 6 heteroatoms. The maximum Gasteiger partial charge on any atom is 0.277 e. The third-order valence-electron chi connectivity index (χ3n) is 2.91. The largest absolute Gasteiger partial charge is 0.411 e. The second-order valence-corrected chi connectivity index (χ2v) is 6.66. The van der Waals surface area contributed by atoms with Crippen LogP contribution in [-0.4, -0.2) is 28.4 Å². The van der Waals surface area contributed by atoms with Crippen LogP contribution in [0.3, 0.4) is 0 Å². The molecule has 0 atom stereocenters. The highest BCUT2D eigenvalue weighted by molar-refractivity contribution is 7.99. The topological polar surface area (TPSA) is 68.0 Å². The third-order valence-corrected chi connectivity index (χ3v) is 3.73. The van der Waals surface area contributed by atoms with Gasteiger partial charge in [0.15, 0.2) is 0 Å². The van der Waals surface area contributed by atoms with Gasteiger partial charge in [0.2, 0.25) is 11.8 Å². The molecule has 5 nitrogen and oxygen atoms in total. The molecule has 0 aliphatic carbocycles. The Labute approximate surface area is 134 Å². The first-order chi connectivity index (χ1) is 10.4. The van der Waals surface area contributed by atoms with Crippen LogP contribution in [0.1, 0.15) is 25.0 Å². The van der Waals surface area contributed by atoms with Gasteiger partial charge in [0, 0.05) is 12.1 Å². The third kappa shape index (κ3) is 4.87.